The third kappa shape index (κ3) is 5.93. The highest BCUT2D eigenvalue weighted by atomic mass is 16.5. The van der Waals surface area contributed by atoms with Gasteiger partial charge in [-0.1, -0.05) is 18.6 Å². The van der Waals surface area contributed by atoms with Gasteiger partial charge in [0.15, 0.2) is 0 Å². The Morgan fingerprint density at radius 1 is 1.22 bits per heavy atom. The fourth-order valence-electron chi connectivity index (χ4n) is 3.01. The van der Waals surface area contributed by atoms with Crippen LogP contribution in [0, 0.1) is 0 Å². The zero-order valence-corrected chi connectivity index (χ0v) is 13.3. The average Bonchev–Trinajstić information content (AvgIpc) is 2.55. The third-order valence-corrected chi connectivity index (χ3v) is 4.27. The number of nitrogens with one attached hydrogen (secondary N) is 1. The molecule has 1 fully saturated rings. The highest BCUT2D eigenvalue weighted by Crippen LogP contribution is 2.16. The second kappa shape index (κ2) is 9.00. The van der Waals surface area contributed by atoms with Crippen molar-refractivity contribution in [2.75, 3.05) is 26.2 Å². The maximum Gasteiger partial charge on any atom is 0.306 e. The van der Waals surface area contributed by atoms with Gasteiger partial charge in [-0.05, 0) is 25.9 Å². The first kappa shape index (κ1) is 17.9. The molecule has 0 aromatic carbocycles. The molecule has 0 radical (unpaired) electrons. The summed E-state index contributed by atoms with van der Waals surface area (Å²) in [7, 11) is 0. The summed E-state index contributed by atoms with van der Waals surface area (Å²) in [5.74, 6) is -1.04. The van der Waals surface area contributed by atoms with Gasteiger partial charge in [0.25, 0.3) is 0 Å². The number of hydrogen-bond donors (Lipinski definition) is 3. The van der Waals surface area contributed by atoms with Gasteiger partial charge in [0.1, 0.15) is 6.10 Å². The van der Waals surface area contributed by atoms with E-state index in [1.165, 1.54) is 19.3 Å². The molecule has 0 unspecified atom stereocenters. The molecule has 2 aliphatic heterocycles. The summed E-state index contributed by atoms with van der Waals surface area (Å²) in [6.45, 7) is 2.58. The van der Waals surface area contributed by atoms with E-state index < -0.39 is 24.2 Å². The lowest BCUT2D eigenvalue weighted by Crippen LogP contribution is -2.49. The van der Waals surface area contributed by atoms with Crippen molar-refractivity contribution >= 4 is 11.9 Å². The van der Waals surface area contributed by atoms with E-state index in [0.29, 0.717) is 6.42 Å². The molecule has 0 spiro atoms. The zero-order chi connectivity index (χ0) is 16.7. The van der Waals surface area contributed by atoms with E-state index in [2.05, 4.69) is 10.2 Å². The molecule has 2 aliphatic rings. The Hall–Kier alpha value is -1.44. The van der Waals surface area contributed by atoms with E-state index in [0.717, 1.165) is 19.6 Å². The molecular formula is C16H26N2O5. The number of carbonyl (C=O) groups is 2. The first-order valence-electron chi connectivity index (χ1n) is 8.26. The molecule has 2 heterocycles. The summed E-state index contributed by atoms with van der Waals surface area (Å²) in [4.78, 5) is 25.1. The highest BCUT2D eigenvalue weighted by molar-refractivity contribution is 5.76. The predicted octanol–water partition coefficient (Wildman–Crippen LogP) is 0.138. The summed E-state index contributed by atoms with van der Waals surface area (Å²) < 4.78 is 5.51. The minimum Gasteiger partial charge on any atom is -0.481 e. The van der Waals surface area contributed by atoms with Crippen LogP contribution in [0.2, 0.25) is 0 Å². The van der Waals surface area contributed by atoms with E-state index in [1.54, 1.807) is 12.2 Å². The van der Waals surface area contributed by atoms with Crippen molar-refractivity contribution in [3.05, 3.63) is 12.2 Å². The average molecular weight is 326 g/mol. The summed E-state index contributed by atoms with van der Waals surface area (Å²) in [5.41, 5.74) is 0. The van der Waals surface area contributed by atoms with Crippen molar-refractivity contribution in [3.63, 3.8) is 0 Å². The van der Waals surface area contributed by atoms with Crippen molar-refractivity contribution in [3.8, 4) is 0 Å². The quantitative estimate of drug-likeness (QED) is 0.576. The van der Waals surface area contributed by atoms with Crippen LogP contribution in [0.15, 0.2) is 12.2 Å². The monoisotopic (exact) mass is 326 g/mol. The van der Waals surface area contributed by atoms with Crippen molar-refractivity contribution < 1.29 is 24.5 Å². The second-order valence-corrected chi connectivity index (χ2v) is 6.12. The van der Waals surface area contributed by atoms with Gasteiger partial charge in [0.05, 0.1) is 25.2 Å². The van der Waals surface area contributed by atoms with Crippen LogP contribution in [-0.2, 0) is 14.3 Å². The molecule has 1 amide bonds. The Morgan fingerprint density at radius 3 is 2.61 bits per heavy atom. The summed E-state index contributed by atoms with van der Waals surface area (Å²) in [6.07, 6.45) is 6.10. The molecule has 3 N–H and O–H groups in total. The van der Waals surface area contributed by atoms with Gasteiger partial charge in [-0.25, -0.2) is 0 Å². The van der Waals surface area contributed by atoms with Crippen LogP contribution in [0.4, 0.5) is 0 Å². The number of rotatable bonds is 7. The Balaban J connectivity index is 1.78. The van der Waals surface area contributed by atoms with Crippen LogP contribution >= 0.6 is 0 Å². The van der Waals surface area contributed by atoms with Gasteiger partial charge in [-0.15, -0.1) is 0 Å². The molecule has 130 valence electrons. The molecule has 7 nitrogen and oxygen atoms in total. The van der Waals surface area contributed by atoms with Gasteiger partial charge in [0.2, 0.25) is 5.91 Å². The molecule has 3 atom stereocenters. The number of aliphatic carboxylic acids is 1. The van der Waals surface area contributed by atoms with Crippen molar-refractivity contribution in [1.82, 2.24) is 10.2 Å². The predicted molar refractivity (Wildman–Crippen MR) is 84.0 cm³/mol. The second-order valence-electron chi connectivity index (χ2n) is 6.12. The van der Waals surface area contributed by atoms with Crippen LogP contribution < -0.4 is 5.32 Å². The van der Waals surface area contributed by atoms with Gasteiger partial charge in [-0.3, -0.25) is 9.59 Å². The number of carbonyl (C=O) groups excluding carboxylic acids is 1. The molecule has 0 bridgehead atoms. The number of hydrogen-bond acceptors (Lipinski definition) is 5. The van der Waals surface area contributed by atoms with E-state index in [1.807, 2.05) is 0 Å². The van der Waals surface area contributed by atoms with Crippen molar-refractivity contribution in [2.45, 2.75) is 50.4 Å². The van der Waals surface area contributed by atoms with Crippen LogP contribution in [0.25, 0.3) is 0 Å². The van der Waals surface area contributed by atoms with Gasteiger partial charge >= 0.3 is 5.97 Å². The Labute approximate surface area is 136 Å². The molecule has 2 rings (SSSR count). The number of piperidine rings is 1. The molecular weight excluding hydrogens is 300 g/mol. The lowest BCUT2D eigenvalue weighted by atomic mass is 10.0. The molecule has 1 saturated heterocycles. The van der Waals surface area contributed by atoms with Gasteiger partial charge in [0, 0.05) is 13.0 Å². The Bertz CT molecular complexity index is 434. The lowest BCUT2D eigenvalue weighted by molar-refractivity contribution is -0.142. The molecule has 23 heavy (non-hydrogen) atoms. The van der Waals surface area contributed by atoms with Crippen LogP contribution in [0.1, 0.15) is 32.1 Å². The summed E-state index contributed by atoms with van der Waals surface area (Å²) in [6, 6.07) is -0.418. The number of ether oxygens (including phenoxy) is 1. The van der Waals surface area contributed by atoms with Crippen LogP contribution in [-0.4, -0.2) is 71.5 Å². The molecule has 0 aromatic rings. The minimum absolute atomic E-state index is 0.0797. The summed E-state index contributed by atoms with van der Waals surface area (Å²) >= 11 is 0. The largest absolute Gasteiger partial charge is 0.481 e. The smallest absolute Gasteiger partial charge is 0.306 e. The van der Waals surface area contributed by atoms with Gasteiger partial charge < -0.3 is 25.2 Å². The number of carboxylic acid groups (broad SMARTS) is 1. The maximum absolute atomic E-state index is 12.1. The third-order valence-electron chi connectivity index (χ3n) is 4.27. The molecule has 7 heteroatoms. The first-order valence-corrected chi connectivity index (χ1v) is 8.26. The number of likely N-dealkylation sites (tertiary alicyclic amines) is 1. The number of aliphatic hydroxyl groups is 1. The highest BCUT2D eigenvalue weighted by Gasteiger charge is 2.29. The number of aliphatic hydroxyl groups excluding tert-OH is 1. The molecule has 0 aliphatic carbocycles. The van der Waals surface area contributed by atoms with E-state index in [9.17, 15) is 14.7 Å². The zero-order valence-electron chi connectivity index (χ0n) is 13.3. The summed E-state index contributed by atoms with van der Waals surface area (Å²) in [5, 5.41) is 21.0. The van der Waals surface area contributed by atoms with E-state index in [-0.39, 0.29) is 18.9 Å². The van der Waals surface area contributed by atoms with E-state index in [4.69, 9.17) is 9.84 Å². The van der Waals surface area contributed by atoms with E-state index >= 15 is 0 Å². The topological polar surface area (TPSA) is 99.1 Å². The SMILES string of the molecule is O=C(O)C[C@H]1C=C[C@H](NC(=O)CCN2CCCCC2)[C@@H](CO)O1. The standard InChI is InChI=1S/C16H26N2O5/c19-11-14-13(5-4-12(23-14)10-16(21)22)17-15(20)6-9-18-7-2-1-3-8-18/h4-5,12-14,19H,1-3,6-11H2,(H,17,20)(H,21,22)/t12-,13+,14-/m1/s1. The normalized spacial score (nSPS) is 28.5. The van der Waals surface area contributed by atoms with Crippen LogP contribution in [0.5, 0.6) is 0 Å². The molecule has 0 saturated carbocycles. The minimum atomic E-state index is -0.958. The van der Waals surface area contributed by atoms with Crippen molar-refractivity contribution in [1.29, 1.82) is 0 Å². The maximum atomic E-state index is 12.1. The Morgan fingerprint density at radius 2 is 1.96 bits per heavy atom. The number of carboxylic acids is 1. The first-order chi connectivity index (χ1) is 11.1. The fraction of sp³-hybridized carbons (Fsp3) is 0.750. The number of amides is 1. The van der Waals surface area contributed by atoms with Crippen LogP contribution in [0.3, 0.4) is 0 Å². The van der Waals surface area contributed by atoms with Crippen molar-refractivity contribution in [2.24, 2.45) is 0 Å². The fourth-order valence-corrected chi connectivity index (χ4v) is 3.01. The lowest BCUT2D eigenvalue weighted by Gasteiger charge is -2.31. The van der Waals surface area contributed by atoms with Gasteiger partial charge in [-0.2, -0.15) is 0 Å². The number of nitrogens with zero attached hydrogens (tertiary/aromatic N) is 1. The Kier molecular flexibility index (Phi) is 7.01. The molecule has 0 aromatic heterocycles.